The van der Waals surface area contributed by atoms with E-state index in [2.05, 4.69) is 27.7 Å². The van der Waals surface area contributed by atoms with Crippen LogP contribution in [0.2, 0.25) is 0 Å². The van der Waals surface area contributed by atoms with E-state index in [0.29, 0.717) is 0 Å². The number of rotatable bonds is 6. The van der Waals surface area contributed by atoms with Gasteiger partial charge in [-0.3, -0.25) is 9.59 Å². The molecule has 0 bridgehead atoms. The minimum Gasteiger partial charge on any atom is -0.298 e. The highest BCUT2D eigenvalue weighted by Gasteiger charge is 2.65. The number of hydrogen-bond donors (Lipinski definition) is 0. The van der Waals surface area contributed by atoms with Crippen molar-refractivity contribution in [2.75, 3.05) is 0 Å². The first-order chi connectivity index (χ1) is 29.1. The average molecular weight is 825 g/mol. The lowest BCUT2D eigenvalue weighted by Crippen LogP contribution is -2.60. The first kappa shape index (κ1) is 44.5. The first-order valence-corrected chi connectivity index (χ1v) is 28.2. The molecule has 10 aliphatic carbocycles. The average Bonchev–Trinajstić information content (AvgIpc) is 3.30. The Morgan fingerprint density at radius 3 is 0.717 bits per heavy atom. The maximum absolute atomic E-state index is 13.6. The van der Waals surface area contributed by atoms with Crippen molar-refractivity contribution < 1.29 is 9.59 Å². The van der Waals surface area contributed by atoms with E-state index in [1.807, 2.05) is 0 Å². The van der Waals surface area contributed by atoms with Crippen LogP contribution in [-0.2, 0) is 9.59 Å². The highest BCUT2D eigenvalue weighted by atomic mass is 16.1. The topological polar surface area (TPSA) is 34.1 Å². The normalized spacial score (nSPS) is 49.9. The number of Topliss-reactive ketones (excluding diaryl/α,β-unsaturated/α-hetero) is 2. The van der Waals surface area contributed by atoms with Crippen molar-refractivity contribution in [2.24, 2.45) is 92.7 Å². The van der Waals surface area contributed by atoms with Crippen LogP contribution in [0, 0.1) is 92.7 Å². The fourth-order valence-corrected chi connectivity index (χ4v) is 18.5. The second-order valence-corrected chi connectivity index (χ2v) is 25.9. The minimum atomic E-state index is 0.142. The van der Waals surface area contributed by atoms with E-state index in [4.69, 9.17) is 0 Å². The maximum Gasteiger partial charge on any atom is 0.145 e. The van der Waals surface area contributed by atoms with Crippen molar-refractivity contribution >= 4 is 11.6 Å². The van der Waals surface area contributed by atoms with Crippen LogP contribution in [0.4, 0.5) is 0 Å². The Hall–Kier alpha value is -0.660. The molecule has 2 heteroatoms. The Morgan fingerprint density at radius 2 is 0.517 bits per heavy atom. The zero-order valence-corrected chi connectivity index (χ0v) is 40.2. The summed E-state index contributed by atoms with van der Waals surface area (Å²) in [6.45, 7) is 9.61. The summed E-state index contributed by atoms with van der Waals surface area (Å²) in [4.78, 5) is 27.2. The molecular weight excluding hydrogens is 729 g/mol. The van der Waals surface area contributed by atoms with Gasteiger partial charge in [0.05, 0.1) is 0 Å². The number of carbonyl (C=O) groups excluding carboxylic acids is 2. The molecule has 0 atom stereocenters. The van der Waals surface area contributed by atoms with Crippen molar-refractivity contribution in [3.63, 3.8) is 0 Å². The molecule has 0 radical (unpaired) electrons. The Kier molecular flexibility index (Phi) is 13.9. The SMILES string of the molecule is CC[C@H]1CC[C@H](C2CCC3(CC2)CC2(CCC([C@H]4CC[C@H](CC)CC4)CC2)C3=O)CC1.C[C@H]1CC[C@H](C2CCC3(CC2)CC2(CCC([C@H]4CC[C@H](C)CC4)CC2)C3=O)CC1. The van der Waals surface area contributed by atoms with E-state index in [0.717, 1.165) is 82.6 Å². The molecule has 10 fully saturated rings. The molecule has 0 aromatic carbocycles. The van der Waals surface area contributed by atoms with Crippen LogP contribution >= 0.6 is 0 Å². The van der Waals surface area contributed by atoms with E-state index >= 15 is 0 Å². The summed E-state index contributed by atoms with van der Waals surface area (Å²) in [6.07, 6.45) is 49.8. The molecule has 0 N–H and O–H groups in total. The van der Waals surface area contributed by atoms with E-state index in [1.54, 1.807) is 0 Å². The van der Waals surface area contributed by atoms with Gasteiger partial charge in [0.15, 0.2) is 0 Å². The van der Waals surface area contributed by atoms with Gasteiger partial charge in [0.25, 0.3) is 0 Å². The molecule has 0 saturated heterocycles. The van der Waals surface area contributed by atoms with E-state index < -0.39 is 0 Å². The molecule has 0 aliphatic heterocycles. The third-order valence-corrected chi connectivity index (χ3v) is 23.0. The minimum absolute atomic E-state index is 0.142. The largest absolute Gasteiger partial charge is 0.298 e. The molecule has 10 aliphatic rings. The van der Waals surface area contributed by atoms with Crippen LogP contribution in [0.3, 0.4) is 0 Å². The molecule has 0 heterocycles. The van der Waals surface area contributed by atoms with Gasteiger partial charge in [-0.15, -0.1) is 0 Å². The lowest BCUT2D eigenvalue weighted by atomic mass is 9.42. The van der Waals surface area contributed by atoms with E-state index in [1.165, 1.54) is 231 Å². The number of hydrogen-bond acceptors (Lipinski definition) is 2. The fraction of sp³-hybridized carbons (Fsp3) is 0.966. The zero-order valence-electron chi connectivity index (χ0n) is 40.2. The monoisotopic (exact) mass is 825 g/mol. The van der Waals surface area contributed by atoms with Crippen LogP contribution in [-0.4, -0.2) is 11.6 Å². The van der Waals surface area contributed by atoms with Crippen LogP contribution in [0.15, 0.2) is 0 Å². The Labute approximate surface area is 371 Å². The first-order valence-electron chi connectivity index (χ1n) is 28.2. The van der Waals surface area contributed by atoms with Gasteiger partial charge < -0.3 is 0 Å². The molecule has 0 unspecified atom stereocenters. The molecule has 60 heavy (non-hydrogen) atoms. The van der Waals surface area contributed by atoms with Gasteiger partial charge in [-0.05, 0) is 238 Å². The lowest BCUT2D eigenvalue weighted by molar-refractivity contribution is -0.170. The summed E-state index contributed by atoms with van der Waals surface area (Å²) in [5.74, 6) is 13.2. The van der Waals surface area contributed by atoms with Crippen LogP contribution in [0.25, 0.3) is 0 Å². The maximum atomic E-state index is 13.6. The molecular formula is C58H96O2. The van der Waals surface area contributed by atoms with Crippen molar-refractivity contribution in [3.05, 3.63) is 0 Å². The van der Waals surface area contributed by atoms with Crippen LogP contribution in [0.1, 0.15) is 259 Å². The Morgan fingerprint density at radius 1 is 0.317 bits per heavy atom. The lowest BCUT2D eigenvalue weighted by Gasteiger charge is -2.60. The third-order valence-electron chi connectivity index (χ3n) is 23.0. The molecule has 4 spiro atoms. The number of ketones is 2. The second-order valence-electron chi connectivity index (χ2n) is 25.9. The third kappa shape index (κ3) is 8.86. The summed E-state index contributed by atoms with van der Waals surface area (Å²) < 4.78 is 0. The summed E-state index contributed by atoms with van der Waals surface area (Å²) >= 11 is 0. The van der Waals surface area contributed by atoms with Crippen LogP contribution in [0.5, 0.6) is 0 Å². The van der Waals surface area contributed by atoms with Gasteiger partial charge in [-0.25, -0.2) is 0 Å². The fourth-order valence-electron chi connectivity index (χ4n) is 18.5. The van der Waals surface area contributed by atoms with Gasteiger partial charge in [-0.2, -0.15) is 0 Å². The standard InChI is InChI=1S/C30H50O.C28H46O/c1-3-22-5-9-24(10-6-22)26-13-17-29(18-14-26)21-30(28(29)31)19-15-27(16-20-30)25-11-7-23(4-2)8-12-25;1-20-3-7-22(8-4-20)24-11-15-27(16-12-24)19-28(26(27)29)17-13-25(14-18-28)23-9-5-21(2)6-10-23/h22-27H,3-21H2,1-2H3;20-25H,3-19H2,1-2H3/t22-,23-,24-,25-,26?,27?,29?,30?;20-,21-,22-,23-,24?,25?,27?,28?. The van der Waals surface area contributed by atoms with Gasteiger partial charge >= 0.3 is 0 Å². The predicted molar refractivity (Wildman–Crippen MR) is 251 cm³/mol. The molecule has 10 rings (SSSR count). The Bertz CT molecular complexity index is 1290. The van der Waals surface area contributed by atoms with Crippen molar-refractivity contribution in [3.8, 4) is 0 Å². The van der Waals surface area contributed by atoms with Crippen LogP contribution < -0.4 is 0 Å². The molecule has 0 aromatic heterocycles. The summed E-state index contributed by atoms with van der Waals surface area (Å²) in [5, 5.41) is 0. The van der Waals surface area contributed by atoms with Gasteiger partial charge in [-0.1, -0.05) is 91.9 Å². The predicted octanol–water partition coefficient (Wildman–Crippen LogP) is 16.7. The molecule has 0 amide bonds. The van der Waals surface area contributed by atoms with Gasteiger partial charge in [0, 0.05) is 21.7 Å². The van der Waals surface area contributed by atoms with E-state index in [-0.39, 0.29) is 21.7 Å². The summed E-state index contributed by atoms with van der Waals surface area (Å²) in [6, 6.07) is 0. The van der Waals surface area contributed by atoms with Crippen molar-refractivity contribution in [1.82, 2.24) is 0 Å². The highest BCUT2D eigenvalue weighted by Crippen LogP contribution is 2.67. The second kappa shape index (κ2) is 18.7. The smallest absolute Gasteiger partial charge is 0.145 e. The number of carbonyl (C=O) groups is 2. The van der Waals surface area contributed by atoms with E-state index in [9.17, 15) is 9.59 Å². The summed E-state index contributed by atoms with van der Waals surface area (Å²) in [5.41, 5.74) is 0.573. The molecule has 10 saturated carbocycles. The quantitative estimate of drug-likeness (QED) is 0.267. The van der Waals surface area contributed by atoms with Crippen molar-refractivity contribution in [2.45, 2.75) is 259 Å². The Balaban J connectivity index is 0.000000154. The van der Waals surface area contributed by atoms with Gasteiger partial charge in [0.1, 0.15) is 11.6 Å². The van der Waals surface area contributed by atoms with Gasteiger partial charge in [0.2, 0.25) is 0 Å². The highest BCUT2D eigenvalue weighted by molar-refractivity contribution is 5.97. The molecule has 0 aromatic rings. The molecule has 2 nitrogen and oxygen atoms in total. The van der Waals surface area contributed by atoms with Crippen molar-refractivity contribution in [1.29, 1.82) is 0 Å². The molecule has 340 valence electrons. The zero-order chi connectivity index (χ0) is 41.5. The summed E-state index contributed by atoms with van der Waals surface area (Å²) in [7, 11) is 0.